The minimum absolute atomic E-state index is 0.733. The number of rotatable bonds is 3. The fourth-order valence-electron chi connectivity index (χ4n) is 3.82. The van der Waals surface area contributed by atoms with Crippen LogP contribution in [0.4, 0.5) is 0 Å². The first-order chi connectivity index (χ1) is 14.3. The standard InChI is InChI=1S/C27H18ClN/c28-22-17-15-20(16-18-22)25-23-13-7-8-14-24(23)29-27(21-11-5-2-6-12-21)26(25)19-9-3-1-4-10-19/h1-18H. The maximum atomic E-state index is 6.19. The largest absolute Gasteiger partial charge is 0.247 e. The van der Waals surface area contributed by atoms with E-state index in [-0.39, 0.29) is 0 Å². The highest BCUT2D eigenvalue weighted by atomic mass is 35.5. The van der Waals surface area contributed by atoms with Crippen LogP contribution in [0, 0.1) is 0 Å². The molecule has 0 unspecified atom stereocenters. The summed E-state index contributed by atoms with van der Waals surface area (Å²) >= 11 is 6.19. The second-order valence-electron chi connectivity index (χ2n) is 6.97. The summed E-state index contributed by atoms with van der Waals surface area (Å²) in [6.45, 7) is 0. The lowest BCUT2D eigenvalue weighted by Crippen LogP contribution is -1.96. The Bertz CT molecular complexity index is 1280. The maximum Gasteiger partial charge on any atom is 0.0794 e. The molecule has 0 aliphatic carbocycles. The number of fused-ring (bicyclic) bond motifs is 1. The third-order valence-corrected chi connectivity index (χ3v) is 5.39. The topological polar surface area (TPSA) is 12.9 Å². The fraction of sp³-hybridized carbons (Fsp3) is 0. The number of hydrogen-bond acceptors (Lipinski definition) is 1. The van der Waals surface area contributed by atoms with Crippen LogP contribution in [-0.4, -0.2) is 4.98 Å². The first-order valence-corrected chi connectivity index (χ1v) is 9.98. The van der Waals surface area contributed by atoms with Crippen LogP contribution < -0.4 is 0 Å². The van der Waals surface area contributed by atoms with Gasteiger partial charge in [0, 0.05) is 27.1 Å². The van der Waals surface area contributed by atoms with E-state index in [1.165, 1.54) is 5.56 Å². The Labute approximate surface area is 175 Å². The average Bonchev–Trinajstić information content (AvgIpc) is 2.79. The van der Waals surface area contributed by atoms with Crippen LogP contribution in [-0.2, 0) is 0 Å². The molecule has 0 aliphatic heterocycles. The Morgan fingerprint density at radius 3 is 1.72 bits per heavy atom. The predicted molar refractivity (Wildman–Crippen MR) is 123 cm³/mol. The second kappa shape index (κ2) is 7.54. The monoisotopic (exact) mass is 391 g/mol. The van der Waals surface area contributed by atoms with Crippen LogP contribution in [0.5, 0.6) is 0 Å². The molecular formula is C27H18ClN. The van der Waals surface area contributed by atoms with Crippen LogP contribution in [0.25, 0.3) is 44.4 Å². The van der Waals surface area contributed by atoms with Gasteiger partial charge in [0.2, 0.25) is 0 Å². The van der Waals surface area contributed by atoms with Gasteiger partial charge >= 0.3 is 0 Å². The molecule has 0 amide bonds. The molecule has 5 aromatic rings. The van der Waals surface area contributed by atoms with Gasteiger partial charge in [0.25, 0.3) is 0 Å². The van der Waals surface area contributed by atoms with E-state index in [0.29, 0.717) is 0 Å². The van der Waals surface area contributed by atoms with Gasteiger partial charge < -0.3 is 0 Å². The minimum Gasteiger partial charge on any atom is -0.247 e. The van der Waals surface area contributed by atoms with Crippen molar-refractivity contribution in [2.24, 2.45) is 0 Å². The van der Waals surface area contributed by atoms with Gasteiger partial charge in [0.1, 0.15) is 0 Å². The molecule has 0 fully saturated rings. The van der Waals surface area contributed by atoms with Gasteiger partial charge in [-0.3, -0.25) is 0 Å². The normalized spacial score (nSPS) is 10.9. The van der Waals surface area contributed by atoms with Crippen molar-refractivity contribution < 1.29 is 0 Å². The number of nitrogens with zero attached hydrogens (tertiary/aromatic N) is 1. The Kier molecular flexibility index (Phi) is 4.59. The molecule has 2 heteroatoms. The van der Waals surface area contributed by atoms with Crippen molar-refractivity contribution in [3.8, 4) is 33.5 Å². The first kappa shape index (κ1) is 17.7. The van der Waals surface area contributed by atoms with E-state index in [4.69, 9.17) is 16.6 Å². The molecule has 0 aliphatic rings. The molecule has 29 heavy (non-hydrogen) atoms. The second-order valence-corrected chi connectivity index (χ2v) is 7.40. The number of aromatic nitrogens is 1. The van der Waals surface area contributed by atoms with Crippen molar-refractivity contribution >= 4 is 22.5 Å². The molecule has 0 saturated carbocycles. The van der Waals surface area contributed by atoms with Crippen molar-refractivity contribution in [2.45, 2.75) is 0 Å². The molecule has 0 N–H and O–H groups in total. The van der Waals surface area contributed by atoms with Crippen LogP contribution in [0.3, 0.4) is 0 Å². The van der Waals surface area contributed by atoms with E-state index < -0.39 is 0 Å². The zero-order valence-corrected chi connectivity index (χ0v) is 16.5. The zero-order valence-electron chi connectivity index (χ0n) is 15.7. The number of pyridine rings is 1. The summed E-state index contributed by atoms with van der Waals surface area (Å²) in [5, 5.41) is 1.87. The number of benzene rings is 4. The maximum absolute atomic E-state index is 6.19. The van der Waals surface area contributed by atoms with Crippen LogP contribution >= 0.6 is 11.6 Å². The van der Waals surface area contributed by atoms with Gasteiger partial charge in [-0.1, -0.05) is 103 Å². The van der Waals surface area contributed by atoms with Crippen LogP contribution in [0.2, 0.25) is 5.02 Å². The zero-order chi connectivity index (χ0) is 19.6. The molecule has 0 spiro atoms. The minimum atomic E-state index is 0.733. The van der Waals surface area contributed by atoms with E-state index in [1.54, 1.807) is 0 Å². The SMILES string of the molecule is Clc1ccc(-c2c(-c3ccccc3)c(-c3ccccc3)nc3ccccc23)cc1. The summed E-state index contributed by atoms with van der Waals surface area (Å²) in [7, 11) is 0. The predicted octanol–water partition coefficient (Wildman–Crippen LogP) is 7.89. The Morgan fingerprint density at radius 2 is 1.03 bits per heavy atom. The molecular weight excluding hydrogens is 374 g/mol. The Morgan fingerprint density at radius 1 is 0.483 bits per heavy atom. The quantitative estimate of drug-likeness (QED) is 0.304. The molecule has 4 aromatic carbocycles. The van der Waals surface area contributed by atoms with Crippen molar-refractivity contribution in [3.05, 3.63) is 114 Å². The van der Waals surface area contributed by atoms with Crippen molar-refractivity contribution in [3.63, 3.8) is 0 Å². The highest BCUT2D eigenvalue weighted by Gasteiger charge is 2.19. The summed E-state index contributed by atoms with van der Waals surface area (Å²) in [6, 6.07) is 37.3. The lowest BCUT2D eigenvalue weighted by Gasteiger charge is -2.18. The lowest BCUT2D eigenvalue weighted by molar-refractivity contribution is 1.39. The van der Waals surface area contributed by atoms with E-state index in [1.807, 2.05) is 30.3 Å². The molecule has 5 rings (SSSR count). The van der Waals surface area contributed by atoms with Gasteiger partial charge in [0.05, 0.1) is 11.2 Å². The van der Waals surface area contributed by atoms with Gasteiger partial charge in [-0.15, -0.1) is 0 Å². The van der Waals surface area contributed by atoms with E-state index in [0.717, 1.165) is 43.9 Å². The highest BCUT2D eigenvalue weighted by Crippen LogP contribution is 2.43. The molecule has 0 bridgehead atoms. The molecule has 138 valence electrons. The third kappa shape index (κ3) is 3.30. The van der Waals surface area contributed by atoms with E-state index in [2.05, 4.69) is 78.9 Å². The van der Waals surface area contributed by atoms with Crippen molar-refractivity contribution in [1.82, 2.24) is 4.98 Å². The molecule has 0 saturated heterocycles. The van der Waals surface area contributed by atoms with Gasteiger partial charge in [0.15, 0.2) is 0 Å². The average molecular weight is 392 g/mol. The van der Waals surface area contributed by atoms with Crippen molar-refractivity contribution in [1.29, 1.82) is 0 Å². The molecule has 1 nitrogen and oxygen atoms in total. The molecule has 1 heterocycles. The summed E-state index contributed by atoms with van der Waals surface area (Å²) in [6.07, 6.45) is 0. The number of para-hydroxylation sites is 1. The summed E-state index contributed by atoms with van der Waals surface area (Å²) in [5.41, 5.74) is 7.66. The summed E-state index contributed by atoms with van der Waals surface area (Å²) in [4.78, 5) is 5.10. The molecule has 0 atom stereocenters. The van der Waals surface area contributed by atoms with Crippen LogP contribution in [0.1, 0.15) is 0 Å². The number of halogens is 1. The van der Waals surface area contributed by atoms with Crippen molar-refractivity contribution in [2.75, 3.05) is 0 Å². The number of hydrogen-bond donors (Lipinski definition) is 0. The Hall–Kier alpha value is -3.42. The molecule has 1 aromatic heterocycles. The van der Waals surface area contributed by atoms with Gasteiger partial charge in [-0.25, -0.2) is 4.98 Å². The van der Waals surface area contributed by atoms with Gasteiger partial charge in [-0.2, -0.15) is 0 Å². The Balaban J connectivity index is 1.96. The highest BCUT2D eigenvalue weighted by molar-refractivity contribution is 6.30. The first-order valence-electron chi connectivity index (χ1n) is 9.61. The van der Waals surface area contributed by atoms with E-state index >= 15 is 0 Å². The lowest BCUT2D eigenvalue weighted by atomic mass is 9.88. The molecule has 0 radical (unpaired) electrons. The van der Waals surface area contributed by atoms with Crippen LogP contribution in [0.15, 0.2) is 109 Å². The van der Waals surface area contributed by atoms with Gasteiger partial charge in [-0.05, 0) is 29.3 Å². The fourth-order valence-corrected chi connectivity index (χ4v) is 3.95. The third-order valence-electron chi connectivity index (χ3n) is 5.14. The van der Waals surface area contributed by atoms with E-state index in [9.17, 15) is 0 Å². The smallest absolute Gasteiger partial charge is 0.0794 e. The summed E-state index contributed by atoms with van der Waals surface area (Å²) in [5.74, 6) is 0. The summed E-state index contributed by atoms with van der Waals surface area (Å²) < 4.78 is 0.